The first-order valence-corrected chi connectivity index (χ1v) is 6.07. The smallest absolute Gasteiger partial charge is 0.262 e. The van der Waals surface area contributed by atoms with Gasteiger partial charge in [0.2, 0.25) is 5.91 Å². The summed E-state index contributed by atoms with van der Waals surface area (Å²) in [6.45, 7) is -0.504. The SMILES string of the molecule is Cl.O=C(Nc1cc(Br)ccc1O)C1CC(F)(F)CN1. The van der Waals surface area contributed by atoms with Crippen molar-refractivity contribution in [2.24, 2.45) is 0 Å². The summed E-state index contributed by atoms with van der Waals surface area (Å²) in [6.07, 6.45) is -0.534. The number of alkyl halides is 2. The van der Waals surface area contributed by atoms with Crippen LogP contribution in [0.5, 0.6) is 5.75 Å². The molecule has 1 aliphatic heterocycles. The van der Waals surface area contributed by atoms with E-state index in [1.54, 1.807) is 6.07 Å². The number of phenolic OH excluding ortho intramolecular Hbond substituents is 1. The Labute approximate surface area is 123 Å². The molecule has 4 nitrogen and oxygen atoms in total. The van der Waals surface area contributed by atoms with Crippen LogP contribution < -0.4 is 10.6 Å². The molecular weight excluding hydrogens is 345 g/mol. The minimum absolute atomic E-state index is 0. The van der Waals surface area contributed by atoms with Gasteiger partial charge in [-0.25, -0.2) is 8.78 Å². The lowest BCUT2D eigenvalue weighted by atomic mass is 10.2. The summed E-state index contributed by atoms with van der Waals surface area (Å²) < 4.78 is 26.5. The van der Waals surface area contributed by atoms with Crippen LogP contribution in [0.4, 0.5) is 14.5 Å². The lowest BCUT2D eigenvalue weighted by molar-refractivity contribution is -0.118. The Morgan fingerprint density at radius 3 is 2.79 bits per heavy atom. The van der Waals surface area contributed by atoms with Crippen molar-refractivity contribution < 1.29 is 18.7 Å². The summed E-state index contributed by atoms with van der Waals surface area (Å²) in [5, 5.41) is 14.4. The first-order valence-electron chi connectivity index (χ1n) is 5.28. The largest absolute Gasteiger partial charge is 0.506 e. The summed E-state index contributed by atoms with van der Waals surface area (Å²) in [5.74, 6) is -3.56. The second-order valence-electron chi connectivity index (χ2n) is 4.14. The Morgan fingerprint density at radius 1 is 1.53 bits per heavy atom. The molecule has 19 heavy (non-hydrogen) atoms. The van der Waals surface area contributed by atoms with Gasteiger partial charge in [0.25, 0.3) is 5.92 Å². The van der Waals surface area contributed by atoms with Crippen molar-refractivity contribution in [1.82, 2.24) is 5.32 Å². The number of carbonyl (C=O) groups excluding carboxylic acids is 1. The predicted molar refractivity (Wildman–Crippen MR) is 73.0 cm³/mol. The van der Waals surface area contributed by atoms with Gasteiger partial charge < -0.3 is 10.4 Å². The Hall–Kier alpha value is -0.920. The maximum Gasteiger partial charge on any atom is 0.262 e. The molecule has 0 aliphatic carbocycles. The molecular formula is C11H12BrClF2N2O2. The van der Waals surface area contributed by atoms with E-state index in [0.29, 0.717) is 4.47 Å². The lowest BCUT2D eigenvalue weighted by Gasteiger charge is -2.12. The molecule has 0 saturated carbocycles. The maximum atomic E-state index is 12.9. The van der Waals surface area contributed by atoms with E-state index < -0.39 is 30.8 Å². The van der Waals surface area contributed by atoms with Crippen molar-refractivity contribution in [3.8, 4) is 5.75 Å². The molecule has 2 rings (SSSR count). The van der Waals surface area contributed by atoms with E-state index >= 15 is 0 Å². The Bertz CT molecular complexity index is 488. The van der Waals surface area contributed by atoms with E-state index in [1.165, 1.54) is 12.1 Å². The summed E-state index contributed by atoms with van der Waals surface area (Å²) in [4.78, 5) is 11.7. The van der Waals surface area contributed by atoms with Crippen LogP contribution in [0.25, 0.3) is 0 Å². The summed E-state index contributed by atoms with van der Waals surface area (Å²) >= 11 is 3.19. The minimum atomic E-state index is -2.86. The topological polar surface area (TPSA) is 61.4 Å². The van der Waals surface area contributed by atoms with E-state index in [9.17, 15) is 18.7 Å². The molecule has 1 atom stereocenters. The Balaban J connectivity index is 0.00000180. The predicted octanol–water partition coefficient (Wildman–Crippen LogP) is 2.51. The van der Waals surface area contributed by atoms with Gasteiger partial charge in [-0.3, -0.25) is 10.1 Å². The molecule has 1 amide bonds. The number of carbonyl (C=O) groups is 1. The number of nitrogens with one attached hydrogen (secondary N) is 2. The molecule has 8 heteroatoms. The molecule has 1 saturated heterocycles. The van der Waals surface area contributed by atoms with E-state index in [-0.39, 0.29) is 23.8 Å². The van der Waals surface area contributed by atoms with Gasteiger partial charge in [-0.15, -0.1) is 12.4 Å². The molecule has 0 spiro atoms. The van der Waals surface area contributed by atoms with Gasteiger partial charge in [0.15, 0.2) is 0 Å². The summed E-state index contributed by atoms with van der Waals surface area (Å²) in [7, 11) is 0. The third-order valence-corrected chi connectivity index (χ3v) is 3.14. The van der Waals surface area contributed by atoms with Crippen LogP contribution >= 0.6 is 28.3 Å². The normalized spacial score (nSPS) is 20.7. The highest BCUT2D eigenvalue weighted by Crippen LogP contribution is 2.29. The quantitative estimate of drug-likeness (QED) is 0.713. The number of aromatic hydroxyl groups is 1. The van der Waals surface area contributed by atoms with Crippen molar-refractivity contribution in [1.29, 1.82) is 0 Å². The van der Waals surface area contributed by atoms with Gasteiger partial charge in [0, 0.05) is 10.9 Å². The average molecular weight is 358 g/mol. The highest BCUT2D eigenvalue weighted by molar-refractivity contribution is 9.10. The minimum Gasteiger partial charge on any atom is -0.506 e. The van der Waals surface area contributed by atoms with Gasteiger partial charge in [-0.2, -0.15) is 0 Å². The van der Waals surface area contributed by atoms with Crippen molar-refractivity contribution in [3.63, 3.8) is 0 Å². The van der Waals surface area contributed by atoms with Crippen LogP contribution in [0, 0.1) is 0 Å². The van der Waals surface area contributed by atoms with Gasteiger partial charge in [0.1, 0.15) is 5.75 Å². The zero-order valence-corrected chi connectivity index (χ0v) is 12.0. The van der Waals surface area contributed by atoms with E-state index in [2.05, 4.69) is 26.6 Å². The summed E-state index contributed by atoms with van der Waals surface area (Å²) in [6, 6.07) is 3.56. The third kappa shape index (κ3) is 4.02. The standard InChI is InChI=1S/C11H11BrF2N2O2.ClH/c12-6-1-2-9(17)7(3-6)16-10(18)8-4-11(13,14)5-15-8;/h1-3,8,15,17H,4-5H2,(H,16,18);1H. The molecule has 0 radical (unpaired) electrons. The van der Waals surface area contributed by atoms with Crippen molar-refractivity contribution in [3.05, 3.63) is 22.7 Å². The molecule has 0 aromatic heterocycles. The first-order chi connectivity index (χ1) is 8.37. The molecule has 1 aromatic rings. The first kappa shape index (κ1) is 16.1. The number of rotatable bonds is 2. The van der Waals surface area contributed by atoms with Crippen LogP contribution in [0.1, 0.15) is 6.42 Å². The molecule has 0 bridgehead atoms. The number of hydrogen-bond donors (Lipinski definition) is 3. The highest BCUT2D eigenvalue weighted by atomic mass is 79.9. The molecule has 106 valence electrons. The van der Waals surface area contributed by atoms with Crippen LogP contribution in [-0.4, -0.2) is 29.5 Å². The number of hydrogen-bond acceptors (Lipinski definition) is 3. The van der Waals surface area contributed by atoms with E-state index in [0.717, 1.165) is 0 Å². The second kappa shape index (κ2) is 6.02. The van der Waals surface area contributed by atoms with Crippen molar-refractivity contribution >= 4 is 39.9 Å². The Kier molecular flexibility index (Phi) is 5.11. The van der Waals surface area contributed by atoms with Crippen LogP contribution in [-0.2, 0) is 4.79 Å². The van der Waals surface area contributed by atoms with Crippen molar-refractivity contribution in [2.45, 2.75) is 18.4 Å². The van der Waals surface area contributed by atoms with Crippen LogP contribution in [0.3, 0.4) is 0 Å². The molecule has 1 aliphatic rings. The van der Waals surface area contributed by atoms with Crippen molar-refractivity contribution in [2.75, 3.05) is 11.9 Å². The fourth-order valence-electron chi connectivity index (χ4n) is 1.73. The van der Waals surface area contributed by atoms with Gasteiger partial charge in [0.05, 0.1) is 18.3 Å². The second-order valence-corrected chi connectivity index (χ2v) is 5.06. The number of anilines is 1. The molecule has 1 fully saturated rings. The third-order valence-electron chi connectivity index (χ3n) is 2.64. The van der Waals surface area contributed by atoms with Gasteiger partial charge in [-0.05, 0) is 18.2 Å². The van der Waals surface area contributed by atoms with E-state index in [4.69, 9.17) is 0 Å². The fourth-order valence-corrected chi connectivity index (χ4v) is 2.09. The zero-order chi connectivity index (χ0) is 13.3. The number of benzene rings is 1. The fraction of sp³-hybridized carbons (Fsp3) is 0.364. The maximum absolute atomic E-state index is 12.9. The van der Waals surface area contributed by atoms with E-state index in [1.807, 2.05) is 0 Å². The molecule has 1 aromatic carbocycles. The number of halogens is 4. The van der Waals surface area contributed by atoms with Crippen LogP contribution in [0.2, 0.25) is 0 Å². The summed E-state index contributed by atoms with van der Waals surface area (Å²) in [5.41, 5.74) is 0.186. The van der Waals surface area contributed by atoms with Gasteiger partial charge in [-0.1, -0.05) is 15.9 Å². The number of phenols is 1. The highest BCUT2D eigenvalue weighted by Gasteiger charge is 2.42. The average Bonchev–Trinajstić information content (AvgIpc) is 2.64. The molecule has 1 heterocycles. The lowest BCUT2D eigenvalue weighted by Crippen LogP contribution is -2.35. The number of amides is 1. The zero-order valence-electron chi connectivity index (χ0n) is 9.62. The van der Waals surface area contributed by atoms with Gasteiger partial charge >= 0.3 is 0 Å². The Morgan fingerprint density at radius 2 is 2.21 bits per heavy atom. The molecule has 1 unspecified atom stereocenters. The van der Waals surface area contributed by atoms with Crippen LogP contribution in [0.15, 0.2) is 22.7 Å². The monoisotopic (exact) mass is 356 g/mol. The molecule has 3 N–H and O–H groups in total.